The van der Waals surface area contributed by atoms with Crippen LogP contribution < -0.4 is 5.32 Å². The number of nitrogens with one attached hydrogen (secondary N) is 1. The summed E-state index contributed by atoms with van der Waals surface area (Å²) in [4.78, 5) is 4.06. The van der Waals surface area contributed by atoms with Crippen LogP contribution in [0.15, 0.2) is 18.3 Å². The van der Waals surface area contributed by atoms with Gasteiger partial charge in [0, 0.05) is 18.7 Å². The Morgan fingerprint density at radius 3 is 2.75 bits per heavy atom. The summed E-state index contributed by atoms with van der Waals surface area (Å²) in [6.45, 7) is 4.23. The van der Waals surface area contributed by atoms with Crippen molar-refractivity contribution in [2.24, 2.45) is 0 Å². The van der Waals surface area contributed by atoms with Crippen LogP contribution in [0.2, 0.25) is 0 Å². The van der Waals surface area contributed by atoms with Crippen molar-refractivity contribution in [2.75, 3.05) is 6.61 Å². The highest BCUT2D eigenvalue weighted by atomic mass is 19.1. The molecule has 2 atom stereocenters. The van der Waals surface area contributed by atoms with Crippen molar-refractivity contribution in [1.29, 1.82) is 0 Å². The summed E-state index contributed by atoms with van der Waals surface area (Å²) in [5, 5.41) is 12.2. The van der Waals surface area contributed by atoms with Gasteiger partial charge in [-0.3, -0.25) is 4.98 Å². The van der Waals surface area contributed by atoms with Crippen molar-refractivity contribution in [3.8, 4) is 0 Å². The molecule has 16 heavy (non-hydrogen) atoms. The zero-order valence-corrected chi connectivity index (χ0v) is 9.78. The van der Waals surface area contributed by atoms with E-state index in [0.717, 1.165) is 12.1 Å². The maximum atomic E-state index is 12.7. The van der Waals surface area contributed by atoms with Crippen LogP contribution in [-0.2, 0) is 0 Å². The van der Waals surface area contributed by atoms with E-state index in [0.29, 0.717) is 6.42 Å². The van der Waals surface area contributed by atoms with Gasteiger partial charge < -0.3 is 10.4 Å². The first-order valence-electron chi connectivity index (χ1n) is 5.65. The number of aromatic nitrogens is 1. The molecule has 0 amide bonds. The van der Waals surface area contributed by atoms with Crippen LogP contribution in [0, 0.1) is 5.82 Å². The molecule has 0 saturated carbocycles. The number of aliphatic hydroxyl groups excluding tert-OH is 1. The topological polar surface area (TPSA) is 45.1 Å². The minimum absolute atomic E-state index is 0.113. The molecule has 0 saturated heterocycles. The van der Waals surface area contributed by atoms with Crippen molar-refractivity contribution in [3.05, 3.63) is 29.8 Å². The van der Waals surface area contributed by atoms with Gasteiger partial charge in [0.15, 0.2) is 0 Å². The van der Waals surface area contributed by atoms with E-state index < -0.39 is 0 Å². The number of halogens is 1. The highest BCUT2D eigenvalue weighted by Gasteiger charge is 2.13. The summed E-state index contributed by atoms with van der Waals surface area (Å²) in [6, 6.07) is 3.45. The van der Waals surface area contributed by atoms with Gasteiger partial charge in [0.1, 0.15) is 5.82 Å². The maximum Gasteiger partial charge on any atom is 0.141 e. The first-order chi connectivity index (χ1) is 7.67. The molecule has 0 aromatic carbocycles. The Bertz CT molecular complexity index is 302. The van der Waals surface area contributed by atoms with E-state index in [2.05, 4.69) is 10.3 Å². The number of aliphatic hydroxyl groups is 1. The number of nitrogens with zero attached hydrogens (tertiary/aromatic N) is 1. The SMILES string of the molecule is CCC(N[C@H](C)CCO)c1ccc(F)cn1. The number of hydrogen-bond acceptors (Lipinski definition) is 3. The van der Waals surface area contributed by atoms with Crippen molar-refractivity contribution in [3.63, 3.8) is 0 Å². The molecule has 0 aliphatic carbocycles. The van der Waals surface area contributed by atoms with E-state index in [1.807, 2.05) is 13.8 Å². The van der Waals surface area contributed by atoms with Gasteiger partial charge in [0.25, 0.3) is 0 Å². The lowest BCUT2D eigenvalue weighted by Gasteiger charge is -2.21. The highest BCUT2D eigenvalue weighted by molar-refractivity contribution is 5.09. The molecule has 1 unspecified atom stereocenters. The summed E-state index contributed by atoms with van der Waals surface area (Å²) >= 11 is 0. The average molecular weight is 226 g/mol. The largest absolute Gasteiger partial charge is 0.396 e. The predicted molar refractivity (Wildman–Crippen MR) is 61.5 cm³/mol. The van der Waals surface area contributed by atoms with E-state index >= 15 is 0 Å². The summed E-state index contributed by atoms with van der Waals surface area (Å²) in [5.74, 6) is -0.318. The molecule has 0 aliphatic heterocycles. The molecule has 0 fully saturated rings. The fourth-order valence-corrected chi connectivity index (χ4v) is 1.63. The van der Waals surface area contributed by atoms with E-state index in [1.165, 1.54) is 12.3 Å². The third kappa shape index (κ3) is 3.87. The Hall–Kier alpha value is -1.00. The van der Waals surface area contributed by atoms with Crippen LogP contribution in [0.4, 0.5) is 4.39 Å². The van der Waals surface area contributed by atoms with Gasteiger partial charge in [-0.05, 0) is 31.9 Å². The molecule has 4 heteroatoms. The van der Waals surface area contributed by atoms with E-state index in [4.69, 9.17) is 5.11 Å². The standard InChI is InChI=1S/C12H19FN2O/c1-3-11(15-9(2)6-7-16)12-5-4-10(13)8-14-12/h4-5,8-9,11,15-16H,3,6-7H2,1-2H3/t9-,11?/m1/s1. The van der Waals surface area contributed by atoms with Gasteiger partial charge in [-0.25, -0.2) is 4.39 Å². The summed E-state index contributed by atoms with van der Waals surface area (Å²) < 4.78 is 12.7. The van der Waals surface area contributed by atoms with Crippen LogP contribution in [0.1, 0.15) is 38.4 Å². The van der Waals surface area contributed by atoms with Gasteiger partial charge in [-0.1, -0.05) is 6.92 Å². The minimum atomic E-state index is -0.318. The second-order valence-corrected chi connectivity index (χ2v) is 3.94. The van der Waals surface area contributed by atoms with Crippen LogP contribution in [0.5, 0.6) is 0 Å². The molecular weight excluding hydrogens is 207 g/mol. The first-order valence-corrected chi connectivity index (χ1v) is 5.65. The normalized spacial score (nSPS) is 14.8. The summed E-state index contributed by atoms with van der Waals surface area (Å²) in [6.07, 6.45) is 2.82. The van der Waals surface area contributed by atoms with Gasteiger partial charge >= 0.3 is 0 Å². The smallest absolute Gasteiger partial charge is 0.141 e. The molecule has 1 aromatic rings. The zero-order valence-electron chi connectivity index (χ0n) is 9.78. The monoisotopic (exact) mass is 226 g/mol. The predicted octanol–water partition coefficient (Wildman–Crippen LogP) is 2.03. The second kappa shape index (κ2) is 6.55. The number of pyridine rings is 1. The summed E-state index contributed by atoms with van der Waals surface area (Å²) in [5.41, 5.74) is 0.841. The Morgan fingerprint density at radius 1 is 1.50 bits per heavy atom. The molecule has 0 bridgehead atoms. The molecular formula is C12H19FN2O. The Kier molecular flexibility index (Phi) is 5.35. The average Bonchev–Trinajstić information content (AvgIpc) is 2.27. The second-order valence-electron chi connectivity index (χ2n) is 3.94. The van der Waals surface area contributed by atoms with Gasteiger partial charge in [-0.15, -0.1) is 0 Å². The lowest BCUT2D eigenvalue weighted by atomic mass is 10.1. The fraction of sp³-hybridized carbons (Fsp3) is 0.583. The minimum Gasteiger partial charge on any atom is -0.396 e. The Labute approximate surface area is 95.7 Å². The lowest BCUT2D eigenvalue weighted by Crippen LogP contribution is -2.31. The van der Waals surface area contributed by atoms with Crippen molar-refractivity contribution in [2.45, 2.75) is 38.8 Å². The molecule has 1 rings (SSSR count). The summed E-state index contributed by atoms with van der Waals surface area (Å²) in [7, 11) is 0. The van der Waals surface area contributed by atoms with Crippen LogP contribution >= 0.6 is 0 Å². The van der Waals surface area contributed by atoms with Crippen LogP contribution in [0.3, 0.4) is 0 Å². The zero-order chi connectivity index (χ0) is 12.0. The Morgan fingerprint density at radius 2 is 2.25 bits per heavy atom. The molecule has 3 nitrogen and oxygen atoms in total. The highest BCUT2D eigenvalue weighted by Crippen LogP contribution is 2.15. The number of rotatable bonds is 6. The number of hydrogen-bond donors (Lipinski definition) is 2. The van der Waals surface area contributed by atoms with Crippen molar-refractivity contribution >= 4 is 0 Å². The molecule has 0 aliphatic rings. The molecule has 1 heterocycles. The fourth-order valence-electron chi connectivity index (χ4n) is 1.63. The third-order valence-electron chi connectivity index (χ3n) is 2.56. The van der Waals surface area contributed by atoms with E-state index in [-0.39, 0.29) is 24.5 Å². The lowest BCUT2D eigenvalue weighted by molar-refractivity contribution is 0.262. The first kappa shape index (κ1) is 13.1. The quantitative estimate of drug-likeness (QED) is 0.780. The van der Waals surface area contributed by atoms with E-state index in [9.17, 15) is 4.39 Å². The van der Waals surface area contributed by atoms with Crippen LogP contribution in [0.25, 0.3) is 0 Å². The Balaban J connectivity index is 2.63. The molecule has 2 N–H and O–H groups in total. The van der Waals surface area contributed by atoms with Crippen molar-refractivity contribution < 1.29 is 9.50 Å². The van der Waals surface area contributed by atoms with Crippen LogP contribution in [-0.4, -0.2) is 22.7 Å². The molecule has 0 spiro atoms. The van der Waals surface area contributed by atoms with Crippen molar-refractivity contribution in [1.82, 2.24) is 10.3 Å². The molecule has 90 valence electrons. The van der Waals surface area contributed by atoms with Gasteiger partial charge in [0.05, 0.1) is 11.9 Å². The molecule has 0 radical (unpaired) electrons. The van der Waals surface area contributed by atoms with Gasteiger partial charge in [-0.2, -0.15) is 0 Å². The maximum absolute atomic E-state index is 12.7. The van der Waals surface area contributed by atoms with E-state index in [1.54, 1.807) is 6.07 Å². The van der Waals surface area contributed by atoms with Gasteiger partial charge in [0.2, 0.25) is 0 Å². The third-order valence-corrected chi connectivity index (χ3v) is 2.56. The molecule has 1 aromatic heterocycles.